The number of nitriles is 1. The molecule has 13 nitrogen and oxygen atoms in total. The first kappa shape index (κ1) is 34.3. The van der Waals surface area contributed by atoms with E-state index in [1.807, 2.05) is 34.0 Å². The molecule has 3 amide bonds. The SMILES string of the molecule is N#Cc1cccc(C(=O)Nc2ccc3nn(C4CCC(CN5CCC(c6cccc7c6[nH]c(=O)n7C6CCC(=O)NC6=O)C(F)(F)C5)CC4)cc3c2)n1. The zero-order chi connectivity index (χ0) is 36.9. The van der Waals surface area contributed by atoms with Crippen molar-refractivity contribution < 1.29 is 23.2 Å². The molecule has 8 rings (SSSR count). The number of rotatable bonds is 7. The molecule has 0 bridgehead atoms. The van der Waals surface area contributed by atoms with Gasteiger partial charge in [-0.2, -0.15) is 10.4 Å². The monoisotopic (exact) mass is 721 g/mol. The number of alkyl halides is 2. The molecule has 53 heavy (non-hydrogen) atoms. The number of para-hydroxylation sites is 1. The lowest BCUT2D eigenvalue weighted by atomic mass is 9.83. The molecule has 2 aromatic carbocycles. The number of anilines is 1. The Balaban J connectivity index is 0.883. The average Bonchev–Trinajstić information content (AvgIpc) is 3.72. The van der Waals surface area contributed by atoms with Crippen molar-refractivity contribution in [3.05, 3.63) is 88.2 Å². The highest BCUT2D eigenvalue weighted by Gasteiger charge is 2.46. The van der Waals surface area contributed by atoms with Crippen LogP contribution in [0, 0.1) is 17.2 Å². The number of hydrogen-bond acceptors (Lipinski definition) is 8. The molecular weight excluding hydrogens is 684 g/mol. The topological polar surface area (TPSA) is 171 Å². The molecule has 2 unspecified atom stereocenters. The van der Waals surface area contributed by atoms with E-state index in [2.05, 4.69) is 20.6 Å². The number of aromatic nitrogens is 5. The first-order chi connectivity index (χ1) is 25.6. The minimum Gasteiger partial charge on any atom is -0.321 e. The predicted molar refractivity (Wildman–Crippen MR) is 190 cm³/mol. The maximum Gasteiger partial charge on any atom is 0.327 e. The number of carbonyl (C=O) groups is 3. The summed E-state index contributed by atoms with van der Waals surface area (Å²) in [5.41, 5.74) is 2.19. The van der Waals surface area contributed by atoms with Crippen LogP contribution in [0.4, 0.5) is 14.5 Å². The third-order valence-corrected chi connectivity index (χ3v) is 10.9. The molecule has 15 heteroatoms. The van der Waals surface area contributed by atoms with Gasteiger partial charge < -0.3 is 10.3 Å². The Bertz CT molecular complexity index is 2350. The van der Waals surface area contributed by atoms with Crippen LogP contribution in [-0.2, 0) is 9.59 Å². The van der Waals surface area contributed by atoms with Gasteiger partial charge in [-0.3, -0.25) is 33.8 Å². The van der Waals surface area contributed by atoms with E-state index in [1.54, 1.807) is 36.4 Å². The number of pyridine rings is 1. The van der Waals surface area contributed by atoms with Crippen LogP contribution in [0.25, 0.3) is 21.9 Å². The number of piperidine rings is 2. The number of amides is 3. The second kappa shape index (κ2) is 13.7. The number of benzene rings is 2. The molecule has 1 saturated carbocycles. The third-order valence-electron chi connectivity index (χ3n) is 10.9. The number of hydrogen-bond donors (Lipinski definition) is 3. The number of carbonyl (C=O) groups excluding carboxylic acids is 3. The molecule has 1 aliphatic carbocycles. The fraction of sp³-hybridized carbons (Fsp3) is 0.395. The van der Waals surface area contributed by atoms with E-state index in [-0.39, 0.29) is 49.2 Å². The minimum atomic E-state index is -3.04. The molecule has 3 fully saturated rings. The molecule has 2 saturated heterocycles. The van der Waals surface area contributed by atoms with Gasteiger partial charge in [-0.25, -0.2) is 18.6 Å². The highest BCUT2D eigenvalue weighted by atomic mass is 19.3. The summed E-state index contributed by atoms with van der Waals surface area (Å²) in [6.07, 6.45) is 5.97. The summed E-state index contributed by atoms with van der Waals surface area (Å²) in [7, 11) is 0. The first-order valence-electron chi connectivity index (χ1n) is 17.9. The number of aromatic amines is 1. The Labute approximate surface area is 302 Å². The summed E-state index contributed by atoms with van der Waals surface area (Å²) in [4.78, 5) is 58.6. The van der Waals surface area contributed by atoms with E-state index >= 15 is 8.78 Å². The van der Waals surface area contributed by atoms with Crippen LogP contribution in [0.15, 0.2) is 65.6 Å². The van der Waals surface area contributed by atoms with Gasteiger partial charge in [0.2, 0.25) is 11.8 Å². The number of nitrogens with one attached hydrogen (secondary N) is 3. The van der Waals surface area contributed by atoms with Crippen molar-refractivity contribution in [1.29, 1.82) is 5.26 Å². The number of imidazole rings is 1. The normalized spacial score (nSPS) is 23.5. The van der Waals surface area contributed by atoms with Crippen LogP contribution >= 0.6 is 0 Å². The number of fused-ring (bicyclic) bond motifs is 2. The lowest BCUT2D eigenvalue weighted by Crippen LogP contribution is -2.49. The Morgan fingerprint density at radius 3 is 2.60 bits per heavy atom. The Kier molecular flexibility index (Phi) is 8.85. The minimum absolute atomic E-state index is 0.0953. The summed E-state index contributed by atoms with van der Waals surface area (Å²) >= 11 is 0. The van der Waals surface area contributed by atoms with Crippen molar-refractivity contribution in [2.24, 2.45) is 5.92 Å². The van der Waals surface area contributed by atoms with Crippen LogP contribution < -0.4 is 16.3 Å². The standard InChI is InChI=1S/C38H37F2N9O4/c39-38(40)21-47(16-15-28(38)27-4-2-6-31-34(27)45-37(53)49(31)32-13-14-33(50)44-36(32)52)19-22-7-10-26(11-8-22)48-20-23-17-24(9-12-29(23)46-48)43-35(51)30-5-1-3-25(18-41)42-30/h1-6,9,12,17,20,22,26,28,32H,7-8,10-11,13-16,19,21H2,(H,43,51)(H,45,53)(H,44,50,52). The first-order valence-corrected chi connectivity index (χ1v) is 17.9. The largest absolute Gasteiger partial charge is 0.327 e. The molecule has 3 N–H and O–H groups in total. The maximum absolute atomic E-state index is 16.0. The summed E-state index contributed by atoms with van der Waals surface area (Å²) in [6.45, 7) is 0.700. The van der Waals surface area contributed by atoms with Gasteiger partial charge in [-0.05, 0) is 92.9 Å². The fourth-order valence-corrected chi connectivity index (χ4v) is 8.33. The van der Waals surface area contributed by atoms with Crippen LogP contribution in [0.1, 0.15) is 84.7 Å². The number of halogens is 2. The second-order valence-corrected chi connectivity index (χ2v) is 14.4. The number of nitrogens with zero attached hydrogens (tertiary/aromatic N) is 6. The van der Waals surface area contributed by atoms with E-state index in [0.717, 1.165) is 36.6 Å². The molecule has 5 aromatic rings. The molecule has 2 aliphatic heterocycles. The summed E-state index contributed by atoms with van der Waals surface area (Å²) in [5, 5.41) is 19.8. The molecule has 5 heterocycles. The van der Waals surface area contributed by atoms with Gasteiger partial charge in [0, 0.05) is 30.2 Å². The van der Waals surface area contributed by atoms with E-state index in [4.69, 9.17) is 10.4 Å². The number of likely N-dealkylation sites (tertiary alicyclic amines) is 1. The lowest BCUT2D eigenvalue weighted by Gasteiger charge is -2.41. The van der Waals surface area contributed by atoms with Gasteiger partial charge in [-0.1, -0.05) is 18.2 Å². The smallest absolute Gasteiger partial charge is 0.321 e. The molecule has 2 atom stereocenters. The van der Waals surface area contributed by atoms with Crippen molar-refractivity contribution in [1.82, 2.24) is 34.5 Å². The third kappa shape index (κ3) is 6.70. The van der Waals surface area contributed by atoms with Gasteiger partial charge >= 0.3 is 5.69 Å². The number of H-pyrrole nitrogens is 1. The summed E-state index contributed by atoms with van der Waals surface area (Å²) in [6, 6.07) is 16.3. The molecule has 272 valence electrons. The van der Waals surface area contributed by atoms with E-state index < -0.39 is 41.3 Å². The lowest BCUT2D eigenvalue weighted by molar-refractivity contribution is -0.135. The molecule has 3 aliphatic rings. The summed E-state index contributed by atoms with van der Waals surface area (Å²) < 4.78 is 35.2. The maximum atomic E-state index is 16.0. The van der Waals surface area contributed by atoms with Gasteiger partial charge in [0.1, 0.15) is 23.5 Å². The Hall–Kier alpha value is -5.75. The van der Waals surface area contributed by atoms with Gasteiger partial charge in [0.05, 0.1) is 35.1 Å². The molecule has 0 spiro atoms. The Morgan fingerprint density at radius 2 is 1.83 bits per heavy atom. The van der Waals surface area contributed by atoms with E-state index in [9.17, 15) is 19.2 Å². The predicted octanol–water partition coefficient (Wildman–Crippen LogP) is 5.03. The van der Waals surface area contributed by atoms with Crippen molar-refractivity contribution in [2.75, 3.05) is 25.0 Å². The molecule has 3 aromatic heterocycles. The van der Waals surface area contributed by atoms with Crippen LogP contribution in [0.5, 0.6) is 0 Å². The quantitative estimate of drug-likeness (QED) is 0.197. The second-order valence-electron chi connectivity index (χ2n) is 14.4. The molecule has 0 radical (unpaired) electrons. The van der Waals surface area contributed by atoms with Crippen LogP contribution in [-0.4, -0.2) is 72.5 Å². The van der Waals surface area contributed by atoms with Crippen molar-refractivity contribution in [3.8, 4) is 6.07 Å². The van der Waals surface area contributed by atoms with Crippen LogP contribution in [0.2, 0.25) is 0 Å². The van der Waals surface area contributed by atoms with Gasteiger partial charge in [0.15, 0.2) is 0 Å². The van der Waals surface area contributed by atoms with Crippen molar-refractivity contribution >= 4 is 45.3 Å². The highest BCUT2D eigenvalue weighted by Crippen LogP contribution is 2.43. The van der Waals surface area contributed by atoms with E-state index in [0.29, 0.717) is 35.4 Å². The van der Waals surface area contributed by atoms with Crippen molar-refractivity contribution in [3.63, 3.8) is 0 Å². The zero-order valence-electron chi connectivity index (χ0n) is 28.7. The highest BCUT2D eigenvalue weighted by molar-refractivity contribution is 6.04. The number of imide groups is 1. The van der Waals surface area contributed by atoms with Crippen molar-refractivity contribution in [2.45, 2.75) is 68.9 Å². The van der Waals surface area contributed by atoms with E-state index in [1.165, 1.54) is 10.6 Å². The fourth-order valence-electron chi connectivity index (χ4n) is 8.33. The van der Waals surface area contributed by atoms with Gasteiger partial charge in [0.25, 0.3) is 11.8 Å². The zero-order valence-corrected chi connectivity index (χ0v) is 28.7. The average molecular weight is 722 g/mol. The van der Waals surface area contributed by atoms with Gasteiger partial charge in [-0.15, -0.1) is 0 Å². The molecular formula is C38H37F2N9O4. The Morgan fingerprint density at radius 1 is 1.02 bits per heavy atom. The summed E-state index contributed by atoms with van der Waals surface area (Å²) in [5.74, 6) is -5.24. The van der Waals surface area contributed by atoms with Crippen LogP contribution in [0.3, 0.4) is 0 Å².